The van der Waals surface area contributed by atoms with Gasteiger partial charge in [-0.05, 0) is 24.6 Å². The van der Waals surface area contributed by atoms with Crippen molar-refractivity contribution in [3.05, 3.63) is 77.5 Å². The zero-order chi connectivity index (χ0) is 15.6. The molecule has 0 fully saturated rings. The van der Waals surface area contributed by atoms with E-state index in [9.17, 15) is 0 Å². The molecule has 0 aliphatic carbocycles. The second-order valence-corrected chi connectivity index (χ2v) is 5.97. The molecule has 2 aromatic carbocycles. The van der Waals surface area contributed by atoms with Crippen molar-refractivity contribution in [2.45, 2.75) is 20.0 Å². The quantitative estimate of drug-likeness (QED) is 0.803. The molecular formula is C19H20N4. The third-order valence-electron chi connectivity index (χ3n) is 4.29. The van der Waals surface area contributed by atoms with Gasteiger partial charge in [-0.15, -0.1) is 0 Å². The molecule has 0 bridgehead atoms. The molecule has 0 amide bonds. The van der Waals surface area contributed by atoms with Gasteiger partial charge in [-0.25, -0.2) is 4.68 Å². The maximum Gasteiger partial charge on any atom is 0.135 e. The van der Waals surface area contributed by atoms with Crippen molar-refractivity contribution in [2.24, 2.45) is 0 Å². The Balaban J connectivity index is 1.60. The molecule has 2 heterocycles. The van der Waals surface area contributed by atoms with E-state index < -0.39 is 0 Å². The van der Waals surface area contributed by atoms with Crippen LogP contribution in [0.25, 0.3) is 5.69 Å². The Morgan fingerprint density at radius 3 is 2.43 bits per heavy atom. The highest BCUT2D eigenvalue weighted by Gasteiger charge is 2.23. The normalized spacial score (nSPS) is 14.3. The van der Waals surface area contributed by atoms with Gasteiger partial charge in [0.05, 0.1) is 18.1 Å². The number of rotatable bonds is 3. The maximum atomic E-state index is 4.73. The van der Waals surface area contributed by atoms with E-state index in [0.29, 0.717) is 0 Å². The van der Waals surface area contributed by atoms with Gasteiger partial charge in [-0.1, -0.05) is 48.5 Å². The number of hydrogen-bond acceptors (Lipinski definition) is 3. The summed E-state index contributed by atoms with van der Waals surface area (Å²) in [7, 11) is 0. The third kappa shape index (κ3) is 2.73. The Bertz CT molecular complexity index is 793. The summed E-state index contributed by atoms with van der Waals surface area (Å²) in [4.78, 5) is 2.40. The Morgan fingerprint density at radius 1 is 1.00 bits per heavy atom. The minimum Gasteiger partial charge on any atom is -0.357 e. The number of fused-ring (bicyclic) bond motifs is 1. The lowest BCUT2D eigenvalue weighted by atomic mass is 10.1. The Kier molecular flexibility index (Phi) is 3.60. The molecule has 0 saturated carbocycles. The van der Waals surface area contributed by atoms with Gasteiger partial charge in [-0.3, -0.25) is 4.90 Å². The fourth-order valence-electron chi connectivity index (χ4n) is 3.11. The molecule has 0 atom stereocenters. The van der Waals surface area contributed by atoms with Crippen LogP contribution in [0, 0.1) is 6.92 Å². The van der Waals surface area contributed by atoms with Gasteiger partial charge < -0.3 is 5.32 Å². The number of anilines is 1. The van der Waals surface area contributed by atoms with Crippen LogP contribution in [0.5, 0.6) is 0 Å². The van der Waals surface area contributed by atoms with Gasteiger partial charge in [0.2, 0.25) is 0 Å². The zero-order valence-corrected chi connectivity index (χ0v) is 13.2. The molecule has 4 rings (SSSR count). The SMILES string of the molecule is Cc1nn(-c2ccccc2)c2c1CN(Cc1ccccc1)CN2. The highest BCUT2D eigenvalue weighted by molar-refractivity contribution is 5.54. The average Bonchev–Trinajstić information content (AvgIpc) is 2.93. The lowest BCUT2D eigenvalue weighted by Crippen LogP contribution is -2.33. The molecule has 1 aliphatic rings. The fraction of sp³-hybridized carbons (Fsp3) is 0.211. The Hall–Kier alpha value is -2.59. The summed E-state index contributed by atoms with van der Waals surface area (Å²) < 4.78 is 2.02. The topological polar surface area (TPSA) is 33.1 Å². The molecule has 1 aliphatic heterocycles. The summed E-state index contributed by atoms with van der Waals surface area (Å²) >= 11 is 0. The van der Waals surface area contributed by atoms with Gasteiger partial charge >= 0.3 is 0 Å². The van der Waals surface area contributed by atoms with Gasteiger partial charge in [-0.2, -0.15) is 5.10 Å². The highest BCUT2D eigenvalue weighted by atomic mass is 15.4. The van der Waals surface area contributed by atoms with Crippen molar-refractivity contribution in [3.63, 3.8) is 0 Å². The fourth-order valence-corrected chi connectivity index (χ4v) is 3.11. The van der Waals surface area contributed by atoms with E-state index in [1.807, 2.05) is 22.9 Å². The lowest BCUT2D eigenvalue weighted by Gasteiger charge is -2.28. The Morgan fingerprint density at radius 2 is 1.70 bits per heavy atom. The van der Waals surface area contributed by atoms with Crippen LogP contribution >= 0.6 is 0 Å². The largest absolute Gasteiger partial charge is 0.357 e. The van der Waals surface area contributed by atoms with Crippen LogP contribution in [0.4, 0.5) is 5.82 Å². The minimum absolute atomic E-state index is 0.833. The van der Waals surface area contributed by atoms with Gasteiger partial charge in [0.15, 0.2) is 0 Å². The molecule has 1 aromatic heterocycles. The smallest absolute Gasteiger partial charge is 0.135 e. The van der Waals surface area contributed by atoms with E-state index in [-0.39, 0.29) is 0 Å². The van der Waals surface area contributed by atoms with E-state index in [1.54, 1.807) is 0 Å². The Labute approximate surface area is 136 Å². The zero-order valence-electron chi connectivity index (χ0n) is 13.2. The summed E-state index contributed by atoms with van der Waals surface area (Å²) in [5, 5.41) is 8.28. The molecule has 0 spiro atoms. The molecule has 4 heteroatoms. The molecule has 0 saturated heterocycles. The number of para-hydroxylation sites is 1. The molecule has 0 radical (unpaired) electrons. The number of nitrogens with zero attached hydrogens (tertiary/aromatic N) is 3. The predicted molar refractivity (Wildman–Crippen MR) is 92.5 cm³/mol. The predicted octanol–water partition coefficient (Wildman–Crippen LogP) is 3.57. The van der Waals surface area contributed by atoms with E-state index in [0.717, 1.165) is 37.0 Å². The number of aryl methyl sites for hydroxylation is 1. The van der Waals surface area contributed by atoms with Crippen LogP contribution < -0.4 is 5.32 Å². The molecular weight excluding hydrogens is 284 g/mol. The van der Waals surface area contributed by atoms with E-state index in [4.69, 9.17) is 5.10 Å². The number of benzene rings is 2. The monoisotopic (exact) mass is 304 g/mol. The summed E-state index contributed by atoms with van der Waals surface area (Å²) in [5.74, 6) is 1.12. The number of nitrogens with one attached hydrogen (secondary N) is 1. The highest BCUT2D eigenvalue weighted by Crippen LogP contribution is 2.28. The number of aromatic nitrogens is 2. The molecule has 1 N–H and O–H groups in total. The van der Waals surface area contributed by atoms with Gasteiger partial charge in [0.25, 0.3) is 0 Å². The summed E-state index contributed by atoms with van der Waals surface area (Å²) in [6.07, 6.45) is 0. The molecule has 0 unspecified atom stereocenters. The van der Waals surface area contributed by atoms with Crippen LogP contribution in [0.3, 0.4) is 0 Å². The average molecular weight is 304 g/mol. The van der Waals surface area contributed by atoms with Crippen molar-refractivity contribution < 1.29 is 0 Å². The maximum absolute atomic E-state index is 4.73. The molecule has 116 valence electrons. The lowest BCUT2D eigenvalue weighted by molar-refractivity contribution is 0.266. The van der Waals surface area contributed by atoms with Crippen LogP contribution in [0.1, 0.15) is 16.8 Å². The van der Waals surface area contributed by atoms with E-state index >= 15 is 0 Å². The first kappa shape index (κ1) is 14.0. The molecule has 4 nitrogen and oxygen atoms in total. The van der Waals surface area contributed by atoms with E-state index in [2.05, 4.69) is 59.6 Å². The van der Waals surface area contributed by atoms with E-state index in [1.165, 1.54) is 11.1 Å². The summed E-state index contributed by atoms with van der Waals surface area (Å²) in [6, 6.07) is 20.9. The molecule has 3 aromatic rings. The van der Waals surface area contributed by atoms with Crippen molar-refractivity contribution in [1.82, 2.24) is 14.7 Å². The van der Waals surface area contributed by atoms with Gasteiger partial charge in [0.1, 0.15) is 5.82 Å². The second-order valence-electron chi connectivity index (χ2n) is 5.97. The summed E-state index contributed by atoms with van der Waals surface area (Å²) in [6.45, 7) is 4.80. The van der Waals surface area contributed by atoms with Crippen LogP contribution in [-0.2, 0) is 13.1 Å². The van der Waals surface area contributed by atoms with Crippen molar-refractivity contribution in [2.75, 3.05) is 12.0 Å². The number of hydrogen-bond donors (Lipinski definition) is 1. The van der Waals surface area contributed by atoms with Crippen molar-refractivity contribution in [3.8, 4) is 5.69 Å². The first-order chi connectivity index (χ1) is 11.3. The second kappa shape index (κ2) is 5.89. The molecule has 23 heavy (non-hydrogen) atoms. The van der Waals surface area contributed by atoms with Crippen molar-refractivity contribution in [1.29, 1.82) is 0 Å². The minimum atomic E-state index is 0.833. The van der Waals surface area contributed by atoms with Crippen LogP contribution in [0.15, 0.2) is 60.7 Å². The van der Waals surface area contributed by atoms with Gasteiger partial charge in [0, 0.05) is 18.7 Å². The summed E-state index contributed by atoms with van der Waals surface area (Å²) in [5.41, 5.74) is 4.82. The van der Waals surface area contributed by atoms with Crippen LogP contribution in [0.2, 0.25) is 0 Å². The standard InChI is InChI=1S/C19H20N4/c1-15-18-13-22(12-16-8-4-2-5-9-16)14-20-19(18)23(21-15)17-10-6-3-7-11-17/h2-11,20H,12-14H2,1H3. The van der Waals surface area contributed by atoms with Crippen molar-refractivity contribution >= 4 is 5.82 Å². The third-order valence-corrected chi connectivity index (χ3v) is 4.29. The van der Waals surface area contributed by atoms with Crippen LogP contribution in [-0.4, -0.2) is 21.3 Å². The first-order valence-corrected chi connectivity index (χ1v) is 7.95. The first-order valence-electron chi connectivity index (χ1n) is 7.95.